The van der Waals surface area contributed by atoms with Gasteiger partial charge < -0.3 is 47.3 Å². The highest BCUT2D eigenvalue weighted by Crippen LogP contribution is 2.60. The predicted octanol–water partition coefficient (Wildman–Crippen LogP) is 1.28. The number of carbonyl (C=O) groups is 6. The topological polar surface area (TPSA) is 238 Å². The fraction of sp³-hybridized carbons (Fsp3) is 0.455. The lowest BCUT2D eigenvalue weighted by atomic mass is 9.55. The van der Waals surface area contributed by atoms with Gasteiger partial charge in [-0.2, -0.15) is 0 Å². The van der Waals surface area contributed by atoms with E-state index in [4.69, 9.17) is 10.5 Å². The van der Waals surface area contributed by atoms with Crippen molar-refractivity contribution in [3.8, 4) is 11.5 Å². The van der Waals surface area contributed by atoms with Gasteiger partial charge in [-0.3, -0.25) is 28.8 Å². The number of nitrogens with one attached hydrogen (secondary N) is 5. The van der Waals surface area contributed by atoms with Crippen LogP contribution >= 0.6 is 0 Å². The second-order valence-electron chi connectivity index (χ2n) is 16.2. The summed E-state index contributed by atoms with van der Waals surface area (Å²) in [6, 6.07) is 18.8. The van der Waals surface area contributed by atoms with Crippen molar-refractivity contribution in [3.63, 3.8) is 0 Å². The number of hydrogen-bond acceptors (Lipinski definition) is 9. The summed E-state index contributed by atoms with van der Waals surface area (Å²) in [6.07, 6.45) is 5.90. The number of carbonyl (C=O) groups excluding carboxylic acids is 6. The summed E-state index contributed by atoms with van der Waals surface area (Å²) < 4.78 is 5.91. The van der Waals surface area contributed by atoms with Gasteiger partial charge in [-0.05, 0) is 108 Å². The number of aliphatic hydroxyl groups excluding tert-OH is 1. The Kier molecular flexibility index (Phi) is 13.9. The average Bonchev–Trinajstić information content (AvgIpc) is 3.54. The average molecular weight is 811 g/mol. The van der Waals surface area contributed by atoms with Gasteiger partial charge in [-0.25, -0.2) is 0 Å². The largest absolute Gasteiger partial charge is 0.508 e. The molecule has 3 aromatic carbocycles. The van der Waals surface area contributed by atoms with Gasteiger partial charge in [0.15, 0.2) is 6.61 Å². The number of fused-ring (bicyclic) bond motifs is 5. The summed E-state index contributed by atoms with van der Waals surface area (Å²) >= 11 is 0. The molecule has 6 amide bonds. The van der Waals surface area contributed by atoms with Crippen LogP contribution in [0, 0.1) is 17.3 Å². The van der Waals surface area contributed by atoms with Crippen LogP contribution in [0.3, 0.4) is 0 Å². The molecule has 3 aromatic rings. The lowest BCUT2D eigenvalue weighted by molar-refractivity contribution is -0.131. The number of primary amides is 1. The number of benzene rings is 3. The summed E-state index contributed by atoms with van der Waals surface area (Å²) in [5.74, 6) is -1.89. The minimum atomic E-state index is -1.11. The Morgan fingerprint density at radius 1 is 0.763 bits per heavy atom. The number of phenols is 1. The van der Waals surface area contributed by atoms with E-state index in [1.807, 2.05) is 12.1 Å². The number of aliphatic hydroxyl groups is 1. The molecule has 0 radical (unpaired) electrons. The van der Waals surface area contributed by atoms with E-state index in [0.29, 0.717) is 29.1 Å². The maximum Gasteiger partial charge on any atom is 0.258 e. The highest BCUT2D eigenvalue weighted by molar-refractivity contribution is 5.94. The van der Waals surface area contributed by atoms with Crippen LogP contribution in [0.5, 0.6) is 11.5 Å². The Bertz CT molecular complexity index is 2010. The van der Waals surface area contributed by atoms with Gasteiger partial charge in [0.2, 0.25) is 29.5 Å². The zero-order chi connectivity index (χ0) is 42.1. The van der Waals surface area contributed by atoms with Gasteiger partial charge in [0, 0.05) is 12.8 Å². The summed E-state index contributed by atoms with van der Waals surface area (Å²) in [4.78, 5) is 76.0. The molecule has 0 aromatic heterocycles. The van der Waals surface area contributed by atoms with E-state index < -0.39 is 67.2 Å². The summed E-state index contributed by atoms with van der Waals surface area (Å²) in [6.45, 7) is 0.455. The van der Waals surface area contributed by atoms with Crippen LogP contribution in [0.25, 0.3) is 0 Å². The normalized spacial score (nSPS) is 22.5. The van der Waals surface area contributed by atoms with E-state index in [-0.39, 0.29) is 36.7 Å². The monoisotopic (exact) mass is 810 g/mol. The number of nitrogens with two attached hydrogens (primary N) is 1. The smallest absolute Gasteiger partial charge is 0.258 e. The zero-order valence-corrected chi connectivity index (χ0v) is 33.2. The molecule has 3 aliphatic rings. The van der Waals surface area contributed by atoms with Crippen LogP contribution in [0.1, 0.15) is 67.2 Å². The molecule has 314 valence electrons. The van der Waals surface area contributed by atoms with Gasteiger partial charge in [-0.15, -0.1) is 0 Å². The van der Waals surface area contributed by atoms with E-state index >= 15 is 0 Å². The fourth-order valence-electron chi connectivity index (χ4n) is 9.22. The Balaban J connectivity index is 1.00. The molecule has 2 saturated carbocycles. The maximum absolute atomic E-state index is 13.4. The van der Waals surface area contributed by atoms with E-state index in [1.165, 1.54) is 23.3 Å². The molecule has 7 atom stereocenters. The summed E-state index contributed by atoms with van der Waals surface area (Å²) in [7, 11) is 0. The van der Waals surface area contributed by atoms with E-state index in [9.17, 15) is 39.0 Å². The van der Waals surface area contributed by atoms with Crippen molar-refractivity contribution >= 4 is 35.4 Å². The molecule has 15 heteroatoms. The highest BCUT2D eigenvalue weighted by atomic mass is 16.5. The van der Waals surface area contributed by atoms with Crippen molar-refractivity contribution in [2.24, 2.45) is 23.0 Å². The molecule has 1 unspecified atom stereocenters. The van der Waals surface area contributed by atoms with Crippen LogP contribution in [-0.2, 0) is 48.0 Å². The molecule has 0 heterocycles. The minimum absolute atomic E-state index is 0.00199. The third kappa shape index (κ3) is 11.0. The third-order valence-electron chi connectivity index (χ3n) is 12.3. The van der Waals surface area contributed by atoms with Crippen molar-refractivity contribution < 1.29 is 43.7 Å². The van der Waals surface area contributed by atoms with Crippen molar-refractivity contribution in [2.45, 2.75) is 82.4 Å². The standard InChI is InChI=1S/C44H54N6O9/c1-44-18-17-32-31-14-12-30(21-28(31)9-13-33(32)34(44)15-16-37(44)52)59-25-41(56)50-36(20-27-7-10-29(51)11-8-27)43(58)48-23-39(54)46-24-40(55)49-35(42(57)47-22-38(45)53)19-26-5-3-2-4-6-26/h2-8,10-12,14,21,32-37,51-52H,9,13,15-20,22-25H2,1H3,(H2,45,53)(H,46,54)(H,47,57)(H,48,58)(H,49,55)(H,50,56)/t32-,33-,34+,35+,36+,37?,44+/m1/s1. The van der Waals surface area contributed by atoms with Gasteiger partial charge in [-0.1, -0.05) is 55.5 Å². The molecular formula is C44H54N6O9. The van der Waals surface area contributed by atoms with Crippen LogP contribution in [0.2, 0.25) is 0 Å². The summed E-state index contributed by atoms with van der Waals surface area (Å²) in [5, 5.41) is 33.0. The molecule has 0 saturated heterocycles. The van der Waals surface area contributed by atoms with Crippen LogP contribution in [-0.4, -0.2) is 90.1 Å². The maximum atomic E-state index is 13.4. The molecule has 15 nitrogen and oxygen atoms in total. The first kappa shape index (κ1) is 42.6. The molecule has 3 aliphatic carbocycles. The van der Waals surface area contributed by atoms with Gasteiger partial charge in [0.05, 0.1) is 25.7 Å². The van der Waals surface area contributed by atoms with Crippen LogP contribution < -0.4 is 37.1 Å². The van der Waals surface area contributed by atoms with Gasteiger partial charge in [0.25, 0.3) is 5.91 Å². The number of phenolic OH excluding ortho intramolecular Hbond substituents is 1. The molecule has 0 bridgehead atoms. The molecule has 59 heavy (non-hydrogen) atoms. The second kappa shape index (κ2) is 19.2. The van der Waals surface area contributed by atoms with Gasteiger partial charge >= 0.3 is 0 Å². The lowest BCUT2D eigenvalue weighted by Gasteiger charge is -2.50. The zero-order valence-electron chi connectivity index (χ0n) is 33.2. The highest BCUT2D eigenvalue weighted by Gasteiger charge is 2.54. The minimum Gasteiger partial charge on any atom is -0.508 e. The number of hydrogen-bond donors (Lipinski definition) is 8. The molecule has 0 spiro atoms. The van der Waals surface area contributed by atoms with Crippen LogP contribution in [0.4, 0.5) is 0 Å². The molecule has 2 fully saturated rings. The van der Waals surface area contributed by atoms with Crippen molar-refractivity contribution in [1.82, 2.24) is 26.6 Å². The third-order valence-corrected chi connectivity index (χ3v) is 12.3. The molecule has 9 N–H and O–H groups in total. The first-order chi connectivity index (χ1) is 28.3. The molecule has 6 rings (SSSR count). The quantitative estimate of drug-likeness (QED) is 0.0979. The van der Waals surface area contributed by atoms with Crippen molar-refractivity contribution in [1.29, 1.82) is 0 Å². The first-order valence-corrected chi connectivity index (χ1v) is 20.2. The van der Waals surface area contributed by atoms with E-state index in [0.717, 1.165) is 44.1 Å². The molecule has 0 aliphatic heterocycles. The van der Waals surface area contributed by atoms with Crippen LogP contribution in [0.15, 0.2) is 72.8 Å². The van der Waals surface area contributed by atoms with E-state index in [2.05, 4.69) is 39.6 Å². The number of aromatic hydroxyl groups is 1. The number of aryl methyl sites for hydroxylation is 1. The van der Waals surface area contributed by atoms with E-state index in [1.54, 1.807) is 42.5 Å². The van der Waals surface area contributed by atoms with Crippen molar-refractivity contribution in [2.75, 3.05) is 26.2 Å². The Morgan fingerprint density at radius 3 is 2.10 bits per heavy atom. The van der Waals surface area contributed by atoms with Gasteiger partial charge in [0.1, 0.15) is 23.6 Å². The number of ether oxygens (including phenoxy) is 1. The second-order valence-corrected chi connectivity index (χ2v) is 16.2. The number of rotatable bonds is 17. The Morgan fingerprint density at radius 2 is 1.41 bits per heavy atom. The number of amides is 6. The predicted molar refractivity (Wildman–Crippen MR) is 217 cm³/mol. The lowest BCUT2D eigenvalue weighted by Crippen LogP contribution is -2.53. The summed E-state index contributed by atoms with van der Waals surface area (Å²) in [5.41, 5.74) is 9.06. The first-order valence-electron chi connectivity index (χ1n) is 20.2. The fourth-order valence-corrected chi connectivity index (χ4v) is 9.22. The molecular weight excluding hydrogens is 757 g/mol. The van der Waals surface area contributed by atoms with Crippen molar-refractivity contribution in [3.05, 3.63) is 95.1 Å². The Hall–Kier alpha value is -5.96. The Labute approximate surface area is 343 Å². The SMILES string of the molecule is C[C@]12CC[C@@H]3c4ccc(OCC(=O)N[C@@H](Cc5ccc(O)cc5)C(=O)NCC(=O)NCC(=O)N[C@@H](Cc5ccccc5)C(=O)NCC(N)=O)cc4CC[C@H]3[C@@H]1CCC2O.